The number of benzene rings is 1. The number of pyridine rings is 1. The smallest absolute Gasteiger partial charge is 0.417 e. The minimum Gasteiger partial charge on any atom is -0.417 e. The number of hydrogen-bond donors (Lipinski definition) is 1. The number of rotatable bonds is 4. The third-order valence-corrected chi connectivity index (χ3v) is 5.79. The van der Waals surface area contributed by atoms with Crippen molar-refractivity contribution in [1.29, 1.82) is 0 Å². The van der Waals surface area contributed by atoms with Gasteiger partial charge in [-0.15, -0.1) is 0 Å². The van der Waals surface area contributed by atoms with E-state index in [2.05, 4.69) is 15.0 Å². The second-order valence-corrected chi connectivity index (χ2v) is 7.67. The topological polar surface area (TPSA) is 43.4 Å². The van der Waals surface area contributed by atoms with Gasteiger partial charge >= 0.3 is 12.8 Å². The van der Waals surface area contributed by atoms with E-state index in [1.54, 1.807) is 0 Å². The number of ether oxygens (including phenoxy) is 2. The summed E-state index contributed by atoms with van der Waals surface area (Å²) in [4.78, 5) is 3.55. The highest BCUT2D eigenvalue weighted by Crippen LogP contribution is 2.49. The Balaban J connectivity index is 1.67. The standard InChI is InChI=1S/C21H21F5N2O2/c22-19(23)30-18-16(9-15(11-28-18)21(24,25)26)14-10-20(29-12-14)7-4-8-27-17(20)13-5-2-1-3-6-13/h1-3,5-6,9,11,14,17,19,27H,4,7-8,10,12H2. The molecular weight excluding hydrogens is 407 g/mol. The van der Waals surface area contributed by atoms with E-state index in [1.165, 1.54) is 0 Å². The summed E-state index contributed by atoms with van der Waals surface area (Å²) in [5.41, 5.74) is -0.620. The summed E-state index contributed by atoms with van der Waals surface area (Å²) in [6.45, 7) is -2.29. The van der Waals surface area contributed by atoms with E-state index >= 15 is 0 Å². The van der Waals surface area contributed by atoms with Crippen molar-refractivity contribution in [3.05, 3.63) is 59.3 Å². The van der Waals surface area contributed by atoms with Crippen LogP contribution in [0.1, 0.15) is 47.9 Å². The molecule has 162 valence electrons. The molecule has 2 fully saturated rings. The predicted molar refractivity (Wildman–Crippen MR) is 98.3 cm³/mol. The third kappa shape index (κ3) is 4.13. The largest absolute Gasteiger partial charge is 0.417 e. The highest BCUT2D eigenvalue weighted by molar-refractivity contribution is 5.36. The Bertz CT molecular complexity index is 877. The normalized spacial score (nSPS) is 27.0. The van der Waals surface area contributed by atoms with Gasteiger partial charge in [-0.05, 0) is 37.4 Å². The zero-order valence-corrected chi connectivity index (χ0v) is 16.0. The first-order valence-electron chi connectivity index (χ1n) is 9.73. The van der Waals surface area contributed by atoms with Crippen molar-refractivity contribution in [1.82, 2.24) is 10.3 Å². The van der Waals surface area contributed by atoms with Crippen LogP contribution < -0.4 is 10.1 Å². The Morgan fingerprint density at radius 2 is 1.97 bits per heavy atom. The van der Waals surface area contributed by atoms with Gasteiger partial charge in [0.25, 0.3) is 0 Å². The molecule has 3 heterocycles. The van der Waals surface area contributed by atoms with Crippen LogP contribution >= 0.6 is 0 Å². The van der Waals surface area contributed by atoms with Gasteiger partial charge in [-0.2, -0.15) is 22.0 Å². The van der Waals surface area contributed by atoms with Gasteiger partial charge in [-0.25, -0.2) is 4.98 Å². The van der Waals surface area contributed by atoms with Crippen LogP contribution in [0.2, 0.25) is 0 Å². The summed E-state index contributed by atoms with van der Waals surface area (Å²) in [6, 6.07) is 10.4. The Morgan fingerprint density at radius 3 is 2.67 bits per heavy atom. The van der Waals surface area contributed by atoms with Crippen molar-refractivity contribution in [2.24, 2.45) is 0 Å². The first-order valence-corrected chi connectivity index (χ1v) is 9.73. The van der Waals surface area contributed by atoms with Crippen molar-refractivity contribution >= 4 is 0 Å². The molecule has 30 heavy (non-hydrogen) atoms. The molecule has 4 nitrogen and oxygen atoms in total. The lowest BCUT2D eigenvalue weighted by Gasteiger charge is -2.41. The lowest BCUT2D eigenvalue weighted by molar-refractivity contribution is -0.138. The fourth-order valence-corrected chi connectivity index (χ4v) is 4.51. The van der Waals surface area contributed by atoms with Crippen LogP contribution in [-0.4, -0.2) is 30.3 Å². The maximum atomic E-state index is 13.2. The van der Waals surface area contributed by atoms with Gasteiger partial charge in [0.1, 0.15) is 0 Å². The molecule has 0 saturated carbocycles. The molecule has 0 bridgehead atoms. The SMILES string of the molecule is FC(F)Oc1ncc(C(F)(F)F)cc1C1COC2(CCCNC2c2ccccc2)C1. The van der Waals surface area contributed by atoms with Gasteiger partial charge in [-0.3, -0.25) is 0 Å². The van der Waals surface area contributed by atoms with Gasteiger partial charge in [0.2, 0.25) is 5.88 Å². The molecule has 1 aromatic carbocycles. The third-order valence-electron chi connectivity index (χ3n) is 5.79. The number of piperidine rings is 1. The van der Waals surface area contributed by atoms with Crippen LogP contribution in [0.3, 0.4) is 0 Å². The second kappa shape index (κ2) is 8.11. The van der Waals surface area contributed by atoms with Crippen LogP contribution in [0, 0.1) is 0 Å². The Morgan fingerprint density at radius 1 is 1.20 bits per heavy atom. The maximum absolute atomic E-state index is 13.2. The summed E-state index contributed by atoms with van der Waals surface area (Å²) in [7, 11) is 0. The number of nitrogens with zero attached hydrogens (tertiary/aromatic N) is 1. The molecule has 4 rings (SSSR count). The fourth-order valence-electron chi connectivity index (χ4n) is 4.51. The van der Waals surface area contributed by atoms with Gasteiger partial charge < -0.3 is 14.8 Å². The van der Waals surface area contributed by atoms with Crippen molar-refractivity contribution in [2.45, 2.75) is 49.6 Å². The van der Waals surface area contributed by atoms with Crippen LogP contribution in [0.25, 0.3) is 0 Å². The first kappa shape index (κ1) is 21.0. The van der Waals surface area contributed by atoms with Gasteiger partial charge in [0, 0.05) is 17.7 Å². The molecule has 2 aromatic rings. The van der Waals surface area contributed by atoms with Crippen LogP contribution in [0.5, 0.6) is 5.88 Å². The summed E-state index contributed by atoms with van der Waals surface area (Å²) in [6.07, 6.45) is -2.18. The Hall–Kier alpha value is -2.26. The Labute approximate surface area is 170 Å². The minimum absolute atomic E-state index is 0.000569. The zero-order valence-electron chi connectivity index (χ0n) is 16.0. The molecule has 3 atom stereocenters. The highest BCUT2D eigenvalue weighted by Gasteiger charge is 2.49. The van der Waals surface area contributed by atoms with E-state index in [9.17, 15) is 22.0 Å². The number of aromatic nitrogens is 1. The quantitative estimate of drug-likeness (QED) is 0.691. The minimum atomic E-state index is -4.64. The molecule has 2 aliphatic heterocycles. The molecule has 0 radical (unpaired) electrons. The summed E-state index contributed by atoms with van der Waals surface area (Å²) < 4.78 is 75.9. The van der Waals surface area contributed by atoms with Crippen molar-refractivity contribution < 1.29 is 31.4 Å². The highest BCUT2D eigenvalue weighted by atomic mass is 19.4. The molecule has 0 aliphatic carbocycles. The summed E-state index contributed by atoms with van der Waals surface area (Å²) in [5.74, 6) is -1.02. The molecule has 1 N–H and O–H groups in total. The molecule has 1 spiro atoms. The molecular formula is C21H21F5N2O2. The maximum Gasteiger partial charge on any atom is 0.417 e. The molecule has 2 saturated heterocycles. The molecule has 2 aliphatic rings. The van der Waals surface area contributed by atoms with E-state index in [0.29, 0.717) is 19.0 Å². The molecule has 9 heteroatoms. The number of nitrogens with one attached hydrogen (secondary N) is 1. The fraction of sp³-hybridized carbons (Fsp3) is 0.476. The lowest BCUT2D eigenvalue weighted by atomic mass is 9.77. The van der Waals surface area contributed by atoms with E-state index < -0.39 is 35.8 Å². The summed E-state index contributed by atoms with van der Waals surface area (Å²) in [5, 5.41) is 3.45. The van der Waals surface area contributed by atoms with E-state index in [1.807, 2.05) is 30.3 Å². The Kier molecular flexibility index (Phi) is 5.67. The average Bonchev–Trinajstić information content (AvgIpc) is 3.12. The van der Waals surface area contributed by atoms with E-state index in [0.717, 1.165) is 24.6 Å². The molecule has 0 amide bonds. The van der Waals surface area contributed by atoms with Gasteiger partial charge in [-0.1, -0.05) is 30.3 Å². The average molecular weight is 428 g/mol. The molecule has 3 unspecified atom stereocenters. The lowest BCUT2D eigenvalue weighted by Crippen LogP contribution is -2.48. The van der Waals surface area contributed by atoms with Crippen LogP contribution in [0.4, 0.5) is 22.0 Å². The van der Waals surface area contributed by atoms with E-state index in [4.69, 9.17) is 4.74 Å². The van der Waals surface area contributed by atoms with Gasteiger partial charge in [0.05, 0.1) is 23.8 Å². The molecule has 1 aromatic heterocycles. The summed E-state index contributed by atoms with van der Waals surface area (Å²) >= 11 is 0. The van der Waals surface area contributed by atoms with Crippen molar-refractivity contribution in [2.75, 3.05) is 13.2 Å². The predicted octanol–water partition coefficient (Wildman–Crippen LogP) is 5.07. The van der Waals surface area contributed by atoms with Gasteiger partial charge in [0.15, 0.2) is 0 Å². The number of hydrogen-bond acceptors (Lipinski definition) is 4. The van der Waals surface area contributed by atoms with Crippen LogP contribution in [-0.2, 0) is 10.9 Å². The van der Waals surface area contributed by atoms with Crippen molar-refractivity contribution in [3.8, 4) is 5.88 Å². The second-order valence-electron chi connectivity index (χ2n) is 7.67. The zero-order chi connectivity index (χ0) is 21.4. The monoisotopic (exact) mass is 428 g/mol. The van der Waals surface area contributed by atoms with Crippen molar-refractivity contribution in [3.63, 3.8) is 0 Å². The van der Waals surface area contributed by atoms with E-state index in [-0.39, 0.29) is 18.2 Å². The number of alkyl halides is 5. The number of halogens is 5. The first-order chi connectivity index (χ1) is 14.3. The van der Waals surface area contributed by atoms with Crippen LogP contribution in [0.15, 0.2) is 42.6 Å².